The number of ether oxygens (including phenoxy) is 4. The lowest BCUT2D eigenvalue weighted by Gasteiger charge is -2.09. The normalized spacial score (nSPS) is 10.1. The van der Waals surface area contributed by atoms with E-state index in [1.54, 1.807) is 42.5 Å². The fourth-order valence-electron chi connectivity index (χ4n) is 2.21. The van der Waals surface area contributed by atoms with Gasteiger partial charge in [0.05, 0.1) is 31.8 Å². The quantitative estimate of drug-likeness (QED) is 0.605. The van der Waals surface area contributed by atoms with Crippen molar-refractivity contribution in [3.05, 3.63) is 47.5 Å². The topological polar surface area (TPSA) is 83.1 Å². The third kappa shape index (κ3) is 7.00. The number of carbonyl (C=O) groups is 2. The maximum Gasteiger partial charge on any atom is 0.309 e. The summed E-state index contributed by atoms with van der Waals surface area (Å²) < 4.78 is 20.8. The van der Waals surface area contributed by atoms with Crippen LogP contribution in [-0.2, 0) is 14.3 Å². The van der Waals surface area contributed by atoms with Gasteiger partial charge in [0.2, 0.25) is 0 Å². The zero-order chi connectivity index (χ0) is 20.4. The van der Waals surface area contributed by atoms with E-state index < -0.39 is 18.5 Å². The van der Waals surface area contributed by atoms with Crippen molar-refractivity contribution in [2.45, 2.75) is 13.3 Å². The molecular formula is C20H22ClNO6. The minimum atomic E-state index is -0.533. The average Bonchev–Trinajstić information content (AvgIpc) is 2.68. The highest BCUT2D eigenvalue weighted by Gasteiger charge is 2.10. The molecule has 0 atom stereocenters. The van der Waals surface area contributed by atoms with Crippen LogP contribution < -0.4 is 19.5 Å². The maximum absolute atomic E-state index is 11.9. The van der Waals surface area contributed by atoms with Gasteiger partial charge in [-0.25, -0.2) is 0 Å². The highest BCUT2D eigenvalue weighted by Crippen LogP contribution is 2.27. The van der Waals surface area contributed by atoms with E-state index in [1.807, 2.05) is 6.92 Å². The molecule has 2 aromatic rings. The van der Waals surface area contributed by atoms with Crippen LogP contribution in [0.15, 0.2) is 42.5 Å². The first-order valence-electron chi connectivity index (χ1n) is 8.66. The predicted octanol–water partition coefficient (Wildman–Crippen LogP) is 3.70. The second kappa shape index (κ2) is 11.0. The molecule has 0 aliphatic heterocycles. The summed E-state index contributed by atoms with van der Waals surface area (Å²) in [6.07, 6.45) is 0.0227. The zero-order valence-corrected chi connectivity index (χ0v) is 16.5. The van der Waals surface area contributed by atoms with Gasteiger partial charge in [0.1, 0.15) is 17.2 Å². The monoisotopic (exact) mass is 407 g/mol. The highest BCUT2D eigenvalue weighted by molar-refractivity contribution is 6.32. The standard InChI is InChI=1S/C20H22ClNO6/c1-3-26-15-5-7-16(8-6-15)27-11-10-20(24)28-13-19(23)22-14-4-9-18(25-2)17(21)12-14/h4-9,12H,3,10-11,13H2,1-2H3,(H,22,23). The van der Waals surface area contributed by atoms with Crippen molar-refractivity contribution in [2.75, 3.05) is 32.2 Å². The summed E-state index contributed by atoms with van der Waals surface area (Å²) in [5.74, 6) is 0.860. The SMILES string of the molecule is CCOc1ccc(OCCC(=O)OCC(=O)Nc2ccc(OC)c(Cl)c2)cc1. The molecule has 0 saturated carbocycles. The summed E-state index contributed by atoms with van der Waals surface area (Å²) in [6, 6.07) is 11.9. The van der Waals surface area contributed by atoms with Crippen LogP contribution in [-0.4, -0.2) is 38.8 Å². The summed E-state index contributed by atoms with van der Waals surface area (Å²) in [5.41, 5.74) is 0.477. The van der Waals surface area contributed by atoms with Gasteiger partial charge >= 0.3 is 5.97 Å². The summed E-state index contributed by atoms with van der Waals surface area (Å²) in [4.78, 5) is 23.6. The van der Waals surface area contributed by atoms with Crippen molar-refractivity contribution < 1.29 is 28.5 Å². The van der Waals surface area contributed by atoms with Gasteiger partial charge in [-0.2, -0.15) is 0 Å². The number of hydrogen-bond acceptors (Lipinski definition) is 6. The molecule has 0 fully saturated rings. The van der Waals surface area contributed by atoms with Crippen molar-refractivity contribution in [3.63, 3.8) is 0 Å². The summed E-state index contributed by atoms with van der Waals surface area (Å²) in [6.45, 7) is 2.24. The third-order valence-electron chi connectivity index (χ3n) is 3.51. The molecule has 0 aliphatic rings. The van der Waals surface area contributed by atoms with Crippen LogP contribution in [0.1, 0.15) is 13.3 Å². The Bertz CT molecular complexity index is 794. The van der Waals surface area contributed by atoms with Crippen molar-refractivity contribution >= 4 is 29.2 Å². The molecule has 0 aliphatic carbocycles. The van der Waals surface area contributed by atoms with E-state index >= 15 is 0 Å². The third-order valence-corrected chi connectivity index (χ3v) is 3.80. The Labute approximate surface area is 168 Å². The molecule has 28 heavy (non-hydrogen) atoms. The molecule has 0 heterocycles. The fourth-order valence-corrected chi connectivity index (χ4v) is 2.47. The number of methoxy groups -OCH3 is 1. The van der Waals surface area contributed by atoms with E-state index in [0.717, 1.165) is 5.75 Å². The number of anilines is 1. The lowest BCUT2D eigenvalue weighted by Crippen LogP contribution is -2.21. The number of carbonyl (C=O) groups excluding carboxylic acids is 2. The van der Waals surface area contributed by atoms with E-state index in [-0.39, 0.29) is 13.0 Å². The number of esters is 1. The van der Waals surface area contributed by atoms with Gasteiger partial charge in [-0.05, 0) is 49.4 Å². The Balaban J connectivity index is 1.67. The first-order chi connectivity index (χ1) is 13.5. The Morgan fingerprint density at radius 2 is 1.71 bits per heavy atom. The smallest absolute Gasteiger partial charge is 0.309 e. The first kappa shape index (κ1) is 21.4. The molecular weight excluding hydrogens is 386 g/mol. The summed E-state index contributed by atoms with van der Waals surface area (Å²) in [7, 11) is 1.50. The molecule has 0 aromatic heterocycles. The number of rotatable bonds is 10. The van der Waals surface area contributed by atoms with Crippen LogP contribution in [0.4, 0.5) is 5.69 Å². The number of nitrogens with one attached hydrogen (secondary N) is 1. The van der Waals surface area contributed by atoms with Gasteiger partial charge in [-0.3, -0.25) is 9.59 Å². The van der Waals surface area contributed by atoms with Crippen LogP contribution in [0, 0.1) is 0 Å². The van der Waals surface area contributed by atoms with Gasteiger partial charge in [0, 0.05) is 5.69 Å². The summed E-state index contributed by atoms with van der Waals surface area (Å²) in [5, 5.41) is 2.95. The van der Waals surface area contributed by atoms with Crippen molar-refractivity contribution in [1.82, 2.24) is 0 Å². The molecule has 0 radical (unpaired) electrons. The van der Waals surface area contributed by atoms with Crippen molar-refractivity contribution in [3.8, 4) is 17.2 Å². The summed E-state index contributed by atoms with van der Waals surface area (Å²) >= 11 is 5.99. The van der Waals surface area contributed by atoms with Gasteiger partial charge in [0.25, 0.3) is 5.91 Å². The molecule has 0 unspecified atom stereocenters. The van der Waals surface area contributed by atoms with Crippen LogP contribution in [0.3, 0.4) is 0 Å². The predicted molar refractivity (Wildman–Crippen MR) is 105 cm³/mol. The fraction of sp³-hybridized carbons (Fsp3) is 0.300. The molecule has 0 spiro atoms. The second-order valence-electron chi connectivity index (χ2n) is 5.56. The van der Waals surface area contributed by atoms with E-state index in [0.29, 0.717) is 28.8 Å². The average molecular weight is 408 g/mol. The molecule has 7 nitrogen and oxygen atoms in total. The van der Waals surface area contributed by atoms with Crippen LogP contribution in [0.25, 0.3) is 0 Å². The maximum atomic E-state index is 11.9. The molecule has 8 heteroatoms. The van der Waals surface area contributed by atoms with Crippen molar-refractivity contribution in [2.24, 2.45) is 0 Å². The molecule has 2 rings (SSSR count). The van der Waals surface area contributed by atoms with Gasteiger partial charge in [-0.1, -0.05) is 11.6 Å². The zero-order valence-electron chi connectivity index (χ0n) is 15.7. The lowest BCUT2D eigenvalue weighted by molar-refractivity contribution is -0.147. The van der Waals surface area contributed by atoms with Crippen LogP contribution in [0.5, 0.6) is 17.2 Å². The van der Waals surface area contributed by atoms with Gasteiger partial charge in [0.15, 0.2) is 6.61 Å². The highest BCUT2D eigenvalue weighted by atomic mass is 35.5. The molecule has 1 amide bonds. The molecule has 2 aromatic carbocycles. The Kier molecular flexibility index (Phi) is 8.42. The molecule has 0 saturated heterocycles. The number of amides is 1. The van der Waals surface area contributed by atoms with Crippen LogP contribution in [0.2, 0.25) is 5.02 Å². The minimum Gasteiger partial charge on any atom is -0.495 e. The van der Waals surface area contributed by atoms with E-state index in [4.69, 9.17) is 30.5 Å². The largest absolute Gasteiger partial charge is 0.495 e. The number of hydrogen-bond donors (Lipinski definition) is 1. The minimum absolute atomic E-state index is 0.0227. The van der Waals surface area contributed by atoms with Crippen LogP contribution >= 0.6 is 11.6 Å². The lowest BCUT2D eigenvalue weighted by atomic mass is 10.3. The van der Waals surface area contributed by atoms with Gasteiger partial charge < -0.3 is 24.3 Å². The van der Waals surface area contributed by atoms with Crippen molar-refractivity contribution in [1.29, 1.82) is 0 Å². The Morgan fingerprint density at radius 3 is 2.32 bits per heavy atom. The number of benzene rings is 2. The van der Waals surface area contributed by atoms with E-state index in [1.165, 1.54) is 7.11 Å². The number of halogens is 1. The Morgan fingerprint density at radius 1 is 1.04 bits per heavy atom. The first-order valence-corrected chi connectivity index (χ1v) is 9.04. The molecule has 150 valence electrons. The molecule has 1 N–H and O–H groups in total. The van der Waals surface area contributed by atoms with Gasteiger partial charge in [-0.15, -0.1) is 0 Å². The molecule has 0 bridgehead atoms. The van der Waals surface area contributed by atoms with E-state index in [9.17, 15) is 9.59 Å². The Hall–Kier alpha value is -2.93. The van der Waals surface area contributed by atoms with E-state index in [2.05, 4.69) is 5.32 Å². The second-order valence-corrected chi connectivity index (χ2v) is 5.97.